The quantitative estimate of drug-likeness (QED) is 0.497. The average molecular weight is 405 g/mol. The average Bonchev–Trinajstić information content (AvgIpc) is 3.09. The summed E-state index contributed by atoms with van der Waals surface area (Å²) in [7, 11) is 0. The zero-order valence-electron chi connectivity index (χ0n) is 15.8. The second kappa shape index (κ2) is 7.84. The van der Waals surface area contributed by atoms with E-state index in [9.17, 15) is 9.59 Å². The number of benzene rings is 2. The van der Waals surface area contributed by atoms with E-state index in [1.54, 1.807) is 22.9 Å². The fourth-order valence-corrected chi connectivity index (χ4v) is 3.39. The number of aryl methyl sites for hydroxylation is 1. The highest BCUT2D eigenvalue weighted by Crippen LogP contribution is 2.16. The highest BCUT2D eigenvalue weighted by molar-refractivity contribution is 7.71. The number of anilines is 1. The molecule has 0 fully saturated rings. The van der Waals surface area contributed by atoms with E-state index in [1.165, 1.54) is 4.57 Å². The van der Waals surface area contributed by atoms with Gasteiger partial charge in [-0.05, 0) is 43.4 Å². The fraction of sp³-hybridized carbons (Fsp3) is 0.143. The fourth-order valence-electron chi connectivity index (χ4n) is 3.11. The highest BCUT2D eigenvalue weighted by Gasteiger charge is 2.12. The van der Waals surface area contributed by atoms with Crippen molar-refractivity contribution in [2.75, 3.05) is 5.32 Å². The minimum Gasteiger partial charge on any atom is -0.332 e. The molecule has 2 aromatic heterocycles. The number of aromatic nitrogens is 4. The number of fused-ring (bicyclic) bond motifs is 1. The van der Waals surface area contributed by atoms with Gasteiger partial charge >= 0.3 is 0 Å². The van der Waals surface area contributed by atoms with Crippen LogP contribution in [0.25, 0.3) is 16.6 Å². The van der Waals surface area contributed by atoms with Gasteiger partial charge in [-0.15, -0.1) is 5.10 Å². The Kier molecular flexibility index (Phi) is 5.09. The first-order valence-electron chi connectivity index (χ1n) is 9.16. The van der Waals surface area contributed by atoms with Crippen LogP contribution in [-0.4, -0.2) is 25.2 Å². The maximum absolute atomic E-state index is 12.7. The van der Waals surface area contributed by atoms with Crippen molar-refractivity contribution >= 4 is 34.8 Å². The number of hydrogen-bond acceptors (Lipinski definition) is 4. The Labute approximate surface area is 171 Å². The zero-order chi connectivity index (χ0) is 20.4. The first kappa shape index (κ1) is 18.8. The van der Waals surface area contributed by atoms with Crippen LogP contribution >= 0.6 is 12.2 Å². The van der Waals surface area contributed by atoms with Gasteiger partial charge in [0.05, 0.1) is 16.6 Å². The van der Waals surface area contributed by atoms with Crippen molar-refractivity contribution in [2.24, 2.45) is 0 Å². The number of aromatic amines is 1. The largest absolute Gasteiger partial charge is 0.332 e. The minimum absolute atomic E-state index is 0.105. The zero-order valence-corrected chi connectivity index (χ0v) is 16.6. The summed E-state index contributed by atoms with van der Waals surface area (Å²) in [5.74, 6) is 0.260. The molecule has 0 saturated carbocycles. The Hall–Kier alpha value is -3.52. The highest BCUT2D eigenvalue weighted by atomic mass is 32.1. The number of H-pyrrole nitrogens is 1. The maximum Gasteiger partial charge on any atom is 0.262 e. The number of amides is 1. The summed E-state index contributed by atoms with van der Waals surface area (Å²) in [6.45, 7) is 2.06. The molecule has 0 unspecified atom stereocenters. The smallest absolute Gasteiger partial charge is 0.262 e. The van der Waals surface area contributed by atoms with Crippen molar-refractivity contribution < 1.29 is 4.79 Å². The van der Waals surface area contributed by atoms with Crippen LogP contribution in [0.3, 0.4) is 0 Å². The predicted molar refractivity (Wildman–Crippen MR) is 115 cm³/mol. The molecule has 0 aliphatic carbocycles. The second-order valence-electron chi connectivity index (χ2n) is 6.67. The first-order chi connectivity index (χ1) is 14.0. The summed E-state index contributed by atoms with van der Waals surface area (Å²) in [6.07, 6.45) is 1.96. The van der Waals surface area contributed by atoms with Gasteiger partial charge in [0, 0.05) is 24.7 Å². The van der Waals surface area contributed by atoms with Gasteiger partial charge in [-0.25, -0.2) is 4.68 Å². The van der Waals surface area contributed by atoms with Crippen LogP contribution in [0.1, 0.15) is 12.0 Å². The standard InChI is InChI=1S/C21H19N5O2S/c1-14-13-26(15-7-3-2-4-8-15)24-19(14)23-18(27)11-12-25-20(28)16-9-5-6-10-17(16)22-21(25)29/h2-10,13H,11-12H2,1H3,(H,22,29)(H,23,24,27). The van der Waals surface area contributed by atoms with Crippen molar-refractivity contribution in [3.8, 4) is 5.69 Å². The van der Waals surface area contributed by atoms with E-state index in [-0.39, 0.29) is 24.4 Å². The lowest BCUT2D eigenvalue weighted by atomic mass is 10.2. The molecule has 0 saturated heterocycles. The van der Waals surface area contributed by atoms with Gasteiger partial charge in [0.25, 0.3) is 5.56 Å². The predicted octanol–water partition coefficient (Wildman–Crippen LogP) is 3.58. The van der Waals surface area contributed by atoms with E-state index >= 15 is 0 Å². The van der Waals surface area contributed by atoms with Gasteiger partial charge in [-0.2, -0.15) is 0 Å². The SMILES string of the molecule is Cc1cn(-c2ccccc2)nc1NC(=O)CCn1c(=S)[nH]c2ccccc2c1=O. The Morgan fingerprint density at radius 1 is 1.14 bits per heavy atom. The molecule has 29 heavy (non-hydrogen) atoms. The van der Waals surface area contributed by atoms with E-state index in [0.29, 0.717) is 21.5 Å². The molecule has 8 heteroatoms. The number of para-hydroxylation sites is 2. The van der Waals surface area contributed by atoms with Gasteiger partial charge in [0.15, 0.2) is 10.6 Å². The first-order valence-corrected chi connectivity index (χ1v) is 9.57. The summed E-state index contributed by atoms with van der Waals surface area (Å²) < 4.78 is 3.42. The van der Waals surface area contributed by atoms with Crippen molar-refractivity contribution in [1.82, 2.24) is 19.3 Å². The lowest BCUT2D eigenvalue weighted by Crippen LogP contribution is -2.25. The summed E-state index contributed by atoms with van der Waals surface area (Å²) in [5.41, 5.74) is 2.24. The van der Waals surface area contributed by atoms with Crippen LogP contribution in [0.15, 0.2) is 65.6 Å². The second-order valence-corrected chi connectivity index (χ2v) is 7.06. The van der Waals surface area contributed by atoms with E-state index in [4.69, 9.17) is 12.2 Å². The normalized spacial score (nSPS) is 10.9. The molecule has 146 valence electrons. The molecule has 0 radical (unpaired) electrons. The number of nitrogens with zero attached hydrogens (tertiary/aromatic N) is 3. The van der Waals surface area contributed by atoms with Crippen LogP contribution in [-0.2, 0) is 11.3 Å². The molecule has 4 aromatic rings. The summed E-state index contributed by atoms with van der Waals surface area (Å²) in [5, 5.41) is 7.80. The molecular weight excluding hydrogens is 386 g/mol. The third kappa shape index (κ3) is 3.88. The molecule has 2 aromatic carbocycles. The van der Waals surface area contributed by atoms with Crippen molar-refractivity contribution in [1.29, 1.82) is 0 Å². The number of carbonyl (C=O) groups excluding carboxylic acids is 1. The van der Waals surface area contributed by atoms with Gasteiger partial charge in [0.2, 0.25) is 5.91 Å². The van der Waals surface area contributed by atoms with Crippen LogP contribution < -0.4 is 10.9 Å². The molecule has 7 nitrogen and oxygen atoms in total. The van der Waals surface area contributed by atoms with Gasteiger partial charge in [-0.1, -0.05) is 30.3 Å². The van der Waals surface area contributed by atoms with Crippen LogP contribution in [0.5, 0.6) is 0 Å². The van der Waals surface area contributed by atoms with Gasteiger partial charge < -0.3 is 10.3 Å². The van der Waals surface area contributed by atoms with Crippen molar-refractivity contribution in [3.63, 3.8) is 0 Å². The molecule has 2 heterocycles. The van der Waals surface area contributed by atoms with Crippen LogP contribution in [0.4, 0.5) is 5.82 Å². The van der Waals surface area contributed by atoms with E-state index in [2.05, 4.69) is 15.4 Å². The van der Waals surface area contributed by atoms with Gasteiger partial charge in [0.1, 0.15) is 0 Å². The molecule has 0 aliphatic heterocycles. The Morgan fingerprint density at radius 2 is 1.86 bits per heavy atom. The van der Waals surface area contributed by atoms with E-state index < -0.39 is 0 Å². The molecule has 0 bridgehead atoms. The number of hydrogen-bond donors (Lipinski definition) is 2. The van der Waals surface area contributed by atoms with Crippen molar-refractivity contribution in [3.05, 3.63) is 81.5 Å². The lowest BCUT2D eigenvalue weighted by Gasteiger charge is -2.08. The Bertz CT molecular complexity index is 1300. The molecule has 0 atom stereocenters. The van der Waals surface area contributed by atoms with E-state index in [0.717, 1.165) is 11.3 Å². The number of carbonyl (C=O) groups is 1. The molecule has 0 spiro atoms. The summed E-state index contributed by atoms with van der Waals surface area (Å²) in [4.78, 5) is 28.1. The maximum atomic E-state index is 12.7. The Morgan fingerprint density at radius 3 is 2.66 bits per heavy atom. The molecule has 0 aliphatic rings. The summed E-state index contributed by atoms with van der Waals surface area (Å²) in [6, 6.07) is 16.8. The number of rotatable bonds is 5. The molecule has 1 amide bonds. The summed E-state index contributed by atoms with van der Waals surface area (Å²) >= 11 is 5.29. The third-order valence-corrected chi connectivity index (χ3v) is 4.95. The van der Waals surface area contributed by atoms with Crippen molar-refractivity contribution in [2.45, 2.75) is 19.9 Å². The minimum atomic E-state index is -0.235. The van der Waals surface area contributed by atoms with E-state index in [1.807, 2.05) is 49.5 Å². The Balaban J connectivity index is 1.49. The molecule has 2 N–H and O–H groups in total. The van der Waals surface area contributed by atoms with Crippen LogP contribution in [0, 0.1) is 11.7 Å². The monoisotopic (exact) mass is 405 g/mol. The third-order valence-electron chi connectivity index (χ3n) is 4.63. The van der Waals surface area contributed by atoms with Gasteiger partial charge in [-0.3, -0.25) is 14.2 Å². The number of nitrogens with one attached hydrogen (secondary N) is 2. The van der Waals surface area contributed by atoms with Crippen LogP contribution in [0.2, 0.25) is 0 Å². The molecular formula is C21H19N5O2S. The topological polar surface area (TPSA) is 84.7 Å². The lowest BCUT2D eigenvalue weighted by molar-refractivity contribution is -0.116. The molecule has 4 rings (SSSR count).